The fourth-order valence-corrected chi connectivity index (χ4v) is 1.98. The summed E-state index contributed by atoms with van der Waals surface area (Å²) in [6.45, 7) is 9.33. The summed E-state index contributed by atoms with van der Waals surface area (Å²) in [5.41, 5.74) is 1.32. The van der Waals surface area contributed by atoms with E-state index >= 15 is 0 Å². The van der Waals surface area contributed by atoms with Crippen LogP contribution in [0.15, 0.2) is 24.3 Å². The average molecular weight is 250 g/mol. The molecule has 0 N–H and O–H groups in total. The lowest BCUT2D eigenvalue weighted by Gasteiger charge is -2.17. The Morgan fingerprint density at radius 2 is 1.94 bits per heavy atom. The lowest BCUT2D eigenvalue weighted by molar-refractivity contribution is -0.141. The Labute approximate surface area is 109 Å². The van der Waals surface area contributed by atoms with Gasteiger partial charge >= 0.3 is 0 Å². The van der Waals surface area contributed by atoms with Crippen molar-refractivity contribution in [3.63, 3.8) is 0 Å². The summed E-state index contributed by atoms with van der Waals surface area (Å²) >= 11 is 0. The van der Waals surface area contributed by atoms with Crippen LogP contribution in [0, 0.1) is 0 Å². The van der Waals surface area contributed by atoms with Gasteiger partial charge in [-0.25, -0.2) is 0 Å². The predicted molar refractivity (Wildman–Crippen MR) is 70.9 cm³/mol. The maximum absolute atomic E-state index is 5.71. The van der Waals surface area contributed by atoms with Crippen LogP contribution in [0.5, 0.6) is 5.75 Å². The van der Waals surface area contributed by atoms with Gasteiger partial charge in [0.25, 0.3) is 0 Å². The van der Waals surface area contributed by atoms with E-state index in [1.165, 1.54) is 5.56 Å². The molecule has 100 valence electrons. The van der Waals surface area contributed by atoms with Gasteiger partial charge < -0.3 is 14.2 Å². The Morgan fingerprint density at radius 3 is 2.44 bits per heavy atom. The highest BCUT2D eigenvalue weighted by Crippen LogP contribution is 2.23. The largest absolute Gasteiger partial charge is 0.491 e. The van der Waals surface area contributed by atoms with Crippen molar-refractivity contribution in [1.82, 2.24) is 0 Å². The van der Waals surface area contributed by atoms with E-state index in [-0.39, 0.29) is 6.10 Å². The second kappa shape index (κ2) is 5.29. The molecule has 1 aromatic rings. The SMILES string of the molecule is CC(C)c1ccc(OCC2COC(C)(C)O2)cc1. The van der Waals surface area contributed by atoms with Crippen molar-refractivity contribution in [2.24, 2.45) is 0 Å². The molecule has 3 nitrogen and oxygen atoms in total. The van der Waals surface area contributed by atoms with Crippen LogP contribution in [-0.2, 0) is 9.47 Å². The molecule has 1 aliphatic heterocycles. The zero-order valence-corrected chi connectivity index (χ0v) is 11.6. The van der Waals surface area contributed by atoms with Crippen molar-refractivity contribution in [2.45, 2.75) is 45.5 Å². The van der Waals surface area contributed by atoms with Crippen LogP contribution in [-0.4, -0.2) is 25.1 Å². The third kappa shape index (κ3) is 3.47. The van der Waals surface area contributed by atoms with Crippen LogP contribution in [0.1, 0.15) is 39.2 Å². The highest BCUT2D eigenvalue weighted by atomic mass is 16.7. The summed E-state index contributed by atoms with van der Waals surface area (Å²) in [6.07, 6.45) is 0.0183. The van der Waals surface area contributed by atoms with Gasteiger partial charge in [-0.1, -0.05) is 26.0 Å². The van der Waals surface area contributed by atoms with Gasteiger partial charge in [0, 0.05) is 0 Å². The van der Waals surface area contributed by atoms with Gasteiger partial charge in [-0.2, -0.15) is 0 Å². The Morgan fingerprint density at radius 1 is 1.28 bits per heavy atom. The molecule has 0 amide bonds. The molecule has 2 rings (SSSR count). The third-order valence-corrected chi connectivity index (χ3v) is 3.05. The topological polar surface area (TPSA) is 27.7 Å². The van der Waals surface area contributed by atoms with Crippen LogP contribution in [0.25, 0.3) is 0 Å². The highest BCUT2D eigenvalue weighted by Gasteiger charge is 2.32. The summed E-state index contributed by atoms with van der Waals surface area (Å²) in [7, 11) is 0. The standard InChI is InChI=1S/C15H22O3/c1-11(2)12-5-7-13(8-6-12)16-9-14-10-17-15(3,4)18-14/h5-8,11,14H,9-10H2,1-4H3. The number of hydrogen-bond donors (Lipinski definition) is 0. The first-order valence-corrected chi connectivity index (χ1v) is 6.51. The van der Waals surface area contributed by atoms with Crippen molar-refractivity contribution in [3.05, 3.63) is 29.8 Å². The number of benzene rings is 1. The monoisotopic (exact) mass is 250 g/mol. The molecule has 0 bridgehead atoms. The highest BCUT2D eigenvalue weighted by molar-refractivity contribution is 5.28. The summed E-state index contributed by atoms with van der Waals surface area (Å²) in [4.78, 5) is 0. The molecule has 1 atom stereocenters. The molecule has 0 saturated carbocycles. The van der Waals surface area contributed by atoms with Crippen LogP contribution in [0.4, 0.5) is 0 Å². The van der Waals surface area contributed by atoms with E-state index in [0.717, 1.165) is 5.75 Å². The average Bonchev–Trinajstić information content (AvgIpc) is 2.67. The van der Waals surface area contributed by atoms with Crippen LogP contribution in [0.2, 0.25) is 0 Å². The van der Waals surface area contributed by atoms with E-state index in [0.29, 0.717) is 19.1 Å². The first-order chi connectivity index (χ1) is 8.46. The van der Waals surface area contributed by atoms with Crippen molar-refractivity contribution >= 4 is 0 Å². The predicted octanol–water partition coefficient (Wildman–Crippen LogP) is 3.34. The van der Waals surface area contributed by atoms with Crippen molar-refractivity contribution in [2.75, 3.05) is 13.2 Å². The van der Waals surface area contributed by atoms with Crippen LogP contribution >= 0.6 is 0 Å². The van der Waals surface area contributed by atoms with Gasteiger partial charge in [-0.15, -0.1) is 0 Å². The van der Waals surface area contributed by atoms with Gasteiger partial charge in [0.2, 0.25) is 0 Å². The van der Waals surface area contributed by atoms with E-state index in [9.17, 15) is 0 Å². The maximum atomic E-state index is 5.71. The first-order valence-electron chi connectivity index (χ1n) is 6.51. The molecule has 1 aromatic carbocycles. The molecule has 3 heteroatoms. The van der Waals surface area contributed by atoms with E-state index in [1.807, 2.05) is 26.0 Å². The summed E-state index contributed by atoms with van der Waals surface area (Å²) in [6, 6.07) is 8.23. The minimum Gasteiger partial charge on any atom is -0.491 e. The normalized spacial score (nSPS) is 22.4. The maximum Gasteiger partial charge on any atom is 0.163 e. The quantitative estimate of drug-likeness (QED) is 0.820. The summed E-state index contributed by atoms with van der Waals surface area (Å²) in [5.74, 6) is 0.953. The minimum atomic E-state index is -0.477. The molecule has 1 saturated heterocycles. The van der Waals surface area contributed by atoms with E-state index in [4.69, 9.17) is 14.2 Å². The second-order valence-electron chi connectivity index (χ2n) is 5.49. The molecule has 1 fully saturated rings. The zero-order chi connectivity index (χ0) is 13.2. The lowest BCUT2D eigenvalue weighted by atomic mass is 10.0. The van der Waals surface area contributed by atoms with Gasteiger partial charge in [-0.3, -0.25) is 0 Å². The van der Waals surface area contributed by atoms with Crippen molar-refractivity contribution < 1.29 is 14.2 Å². The van der Waals surface area contributed by atoms with E-state index in [2.05, 4.69) is 26.0 Å². The first kappa shape index (κ1) is 13.4. The third-order valence-electron chi connectivity index (χ3n) is 3.05. The molecule has 1 unspecified atom stereocenters. The second-order valence-corrected chi connectivity index (χ2v) is 5.49. The molecule has 0 spiro atoms. The van der Waals surface area contributed by atoms with Gasteiger partial charge in [0.15, 0.2) is 5.79 Å². The van der Waals surface area contributed by atoms with Gasteiger partial charge in [0.05, 0.1) is 6.61 Å². The lowest BCUT2D eigenvalue weighted by Crippen LogP contribution is -2.25. The fraction of sp³-hybridized carbons (Fsp3) is 0.600. The Balaban J connectivity index is 1.84. The van der Waals surface area contributed by atoms with Crippen molar-refractivity contribution in [3.8, 4) is 5.75 Å². The molecule has 18 heavy (non-hydrogen) atoms. The van der Waals surface area contributed by atoms with Gasteiger partial charge in [-0.05, 0) is 37.5 Å². The number of hydrogen-bond acceptors (Lipinski definition) is 3. The van der Waals surface area contributed by atoms with Crippen LogP contribution < -0.4 is 4.74 Å². The summed E-state index contributed by atoms with van der Waals surface area (Å²) in [5, 5.41) is 0. The molecule has 0 aliphatic carbocycles. The molecular formula is C15H22O3. The Hall–Kier alpha value is -1.06. The number of rotatable bonds is 4. The molecule has 1 heterocycles. The molecule has 0 radical (unpaired) electrons. The zero-order valence-electron chi connectivity index (χ0n) is 11.6. The fourth-order valence-electron chi connectivity index (χ4n) is 1.98. The summed E-state index contributed by atoms with van der Waals surface area (Å²) < 4.78 is 16.9. The molecule has 0 aromatic heterocycles. The Kier molecular flexibility index (Phi) is 3.93. The van der Waals surface area contributed by atoms with Gasteiger partial charge in [0.1, 0.15) is 18.5 Å². The van der Waals surface area contributed by atoms with E-state index < -0.39 is 5.79 Å². The molecule has 1 aliphatic rings. The Bertz CT molecular complexity index is 381. The minimum absolute atomic E-state index is 0.0183. The number of ether oxygens (including phenoxy) is 3. The molecular weight excluding hydrogens is 228 g/mol. The smallest absolute Gasteiger partial charge is 0.163 e. The van der Waals surface area contributed by atoms with Crippen LogP contribution in [0.3, 0.4) is 0 Å². The van der Waals surface area contributed by atoms with Crippen molar-refractivity contribution in [1.29, 1.82) is 0 Å². The van der Waals surface area contributed by atoms with E-state index in [1.54, 1.807) is 0 Å².